The monoisotopic (exact) mass is 283 g/mol. The number of halogens is 1. The number of morpholine rings is 1. The van der Waals surface area contributed by atoms with Crippen molar-refractivity contribution in [3.05, 3.63) is 39.7 Å². The van der Waals surface area contributed by atoms with Gasteiger partial charge >= 0.3 is 0 Å². The Bertz CT molecular complexity index is 517. The standard InChI is InChI=1S/C12H14FN3O4/c13-11-2-1-8(16(18)19)5-10(11)12(17)15-7-9-6-14-3-4-20-9/h1-2,5,9,14H,3-4,6-7H2,(H,15,17). The van der Waals surface area contributed by atoms with Crippen LogP contribution in [0.4, 0.5) is 10.1 Å². The number of nitrogens with zero attached hydrogens (tertiary/aromatic N) is 1. The lowest BCUT2D eigenvalue weighted by Gasteiger charge is -2.23. The summed E-state index contributed by atoms with van der Waals surface area (Å²) in [6.07, 6.45) is -0.186. The maximum absolute atomic E-state index is 13.5. The second-order valence-corrected chi connectivity index (χ2v) is 4.33. The number of rotatable bonds is 4. The number of carbonyl (C=O) groups is 1. The molecule has 7 nitrogen and oxygen atoms in total. The highest BCUT2D eigenvalue weighted by Gasteiger charge is 2.19. The molecule has 1 aromatic carbocycles. The number of carbonyl (C=O) groups excluding carboxylic acids is 1. The molecule has 1 aromatic rings. The first-order valence-corrected chi connectivity index (χ1v) is 6.12. The molecule has 0 radical (unpaired) electrons. The highest BCUT2D eigenvalue weighted by molar-refractivity contribution is 5.95. The van der Waals surface area contributed by atoms with E-state index in [2.05, 4.69) is 10.6 Å². The fraction of sp³-hybridized carbons (Fsp3) is 0.417. The highest BCUT2D eigenvalue weighted by atomic mass is 19.1. The molecule has 1 atom stereocenters. The first-order valence-electron chi connectivity index (χ1n) is 6.12. The molecule has 2 rings (SSSR count). The molecule has 8 heteroatoms. The van der Waals surface area contributed by atoms with E-state index in [1.54, 1.807) is 0 Å². The molecule has 1 unspecified atom stereocenters. The third kappa shape index (κ3) is 3.49. The summed E-state index contributed by atoms with van der Waals surface area (Å²) in [6.45, 7) is 2.11. The molecule has 1 aliphatic heterocycles. The van der Waals surface area contributed by atoms with Crippen molar-refractivity contribution in [1.82, 2.24) is 10.6 Å². The van der Waals surface area contributed by atoms with Crippen LogP contribution in [-0.4, -0.2) is 43.2 Å². The number of hydrogen-bond donors (Lipinski definition) is 2. The maximum atomic E-state index is 13.5. The minimum atomic E-state index is -0.796. The largest absolute Gasteiger partial charge is 0.374 e. The van der Waals surface area contributed by atoms with Gasteiger partial charge in [-0.15, -0.1) is 0 Å². The van der Waals surface area contributed by atoms with Gasteiger partial charge < -0.3 is 15.4 Å². The van der Waals surface area contributed by atoms with Gasteiger partial charge in [-0.05, 0) is 6.07 Å². The number of hydrogen-bond acceptors (Lipinski definition) is 5. The fourth-order valence-corrected chi connectivity index (χ4v) is 1.85. The summed E-state index contributed by atoms with van der Waals surface area (Å²) >= 11 is 0. The van der Waals surface area contributed by atoms with Crippen LogP contribution < -0.4 is 10.6 Å². The van der Waals surface area contributed by atoms with Crippen LogP contribution in [0.15, 0.2) is 18.2 Å². The van der Waals surface area contributed by atoms with Crippen molar-refractivity contribution in [3.63, 3.8) is 0 Å². The normalized spacial score (nSPS) is 18.6. The number of benzene rings is 1. The molecular formula is C12H14FN3O4. The molecule has 0 aromatic heterocycles. The van der Waals surface area contributed by atoms with Crippen LogP contribution in [0.3, 0.4) is 0 Å². The van der Waals surface area contributed by atoms with Gasteiger partial charge in [-0.25, -0.2) is 4.39 Å². The molecule has 108 valence electrons. The van der Waals surface area contributed by atoms with Gasteiger partial charge in [0.15, 0.2) is 0 Å². The Balaban J connectivity index is 2.00. The molecule has 1 heterocycles. The Labute approximate surface area is 114 Å². The SMILES string of the molecule is O=C(NCC1CNCCO1)c1cc([N+](=O)[O-])ccc1F. The number of non-ortho nitro benzene ring substituents is 1. The third-order valence-electron chi connectivity index (χ3n) is 2.90. The first kappa shape index (κ1) is 14.4. The van der Waals surface area contributed by atoms with Gasteiger partial charge in [0.25, 0.3) is 11.6 Å². The van der Waals surface area contributed by atoms with E-state index in [1.165, 1.54) is 0 Å². The van der Waals surface area contributed by atoms with Gasteiger partial charge in [-0.2, -0.15) is 0 Å². The summed E-state index contributed by atoms with van der Waals surface area (Å²) in [4.78, 5) is 21.8. The van der Waals surface area contributed by atoms with Crippen molar-refractivity contribution in [2.24, 2.45) is 0 Å². The lowest BCUT2D eigenvalue weighted by Crippen LogP contribution is -2.45. The zero-order valence-corrected chi connectivity index (χ0v) is 10.6. The summed E-state index contributed by atoms with van der Waals surface area (Å²) in [7, 11) is 0. The molecule has 1 fully saturated rings. The van der Waals surface area contributed by atoms with E-state index in [0.29, 0.717) is 13.2 Å². The molecule has 1 aliphatic rings. The Hall–Kier alpha value is -2.06. The van der Waals surface area contributed by atoms with E-state index in [9.17, 15) is 19.3 Å². The lowest BCUT2D eigenvalue weighted by atomic mass is 10.1. The topological polar surface area (TPSA) is 93.5 Å². The predicted molar refractivity (Wildman–Crippen MR) is 68.0 cm³/mol. The second-order valence-electron chi connectivity index (χ2n) is 4.33. The average molecular weight is 283 g/mol. The zero-order valence-electron chi connectivity index (χ0n) is 10.6. The van der Waals surface area contributed by atoms with Crippen LogP contribution in [0.1, 0.15) is 10.4 Å². The summed E-state index contributed by atoms with van der Waals surface area (Å²) in [6, 6.07) is 2.84. The van der Waals surface area contributed by atoms with Gasteiger partial charge in [-0.3, -0.25) is 14.9 Å². The smallest absolute Gasteiger partial charge is 0.270 e. The van der Waals surface area contributed by atoms with E-state index in [4.69, 9.17) is 4.74 Å². The van der Waals surface area contributed by atoms with Crippen LogP contribution in [0.2, 0.25) is 0 Å². The predicted octanol–water partition coefficient (Wildman–Crippen LogP) is 0.452. The molecule has 0 aliphatic carbocycles. The van der Waals surface area contributed by atoms with Crippen LogP contribution in [0, 0.1) is 15.9 Å². The third-order valence-corrected chi connectivity index (χ3v) is 2.90. The van der Waals surface area contributed by atoms with Crippen LogP contribution >= 0.6 is 0 Å². The van der Waals surface area contributed by atoms with E-state index >= 15 is 0 Å². The van der Waals surface area contributed by atoms with Crippen LogP contribution in [0.5, 0.6) is 0 Å². The number of nitrogens with one attached hydrogen (secondary N) is 2. The second kappa shape index (κ2) is 6.40. The molecule has 1 amide bonds. The van der Waals surface area contributed by atoms with Gasteiger partial charge in [0.1, 0.15) is 5.82 Å². The first-order chi connectivity index (χ1) is 9.58. The number of ether oxygens (including phenoxy) is 1. The van der Waals surface area contributed by atoms with Crippen molar-refractivity contribution in [1.29, 1.82) is 0 Å². The maximum Gasteiger partial charge on any atom is 0.270 e. The molecular weight excluding hydrogens is 269 g/mol. The fourth-order valence-electron chi connectivity index (χ4n) is 1.85. The van der Waals surface area contributed by atoms with Gasteiger partial charge in [0.05, 0.1) is 23.2 Å². The average Bonchev–Trinajstić information content (AvgIpc) is 2.46. The van der Waals surface area contributed by atoms with Crippen molar-refractivity contribution >= 4 is 11.6 Å². The molecule has 0 spiro atoms. The van der Waals surface area contributed by atoms with E-state index in [0.717, 1.165) is 24.7 Å². The van der Waals surface area contributed by atoms with Crippen molar-refractivity contribution in [2.75, 3.05) is 26.2 Å². The lowest BCUT2D eigenvalue weighted by molar-refractivity contribution is -0.384. The van der Waals surface area contributed by atoms with Gasteiger partial charge in [-0.1, -0.05) is 0 Å². The minimum absolute atomic E-state index is 0.186. The van der Waals surface area contributed by atoms with Crippen molar-refractivity contribution < 1.29 is 18.8 Å². The van der Waals surface area contributed by atoms with Gasteiger partial charge in [0, 0.05) is 31.8 Å². The summed E-state index contributed by atoms with van der Waals surface area (Å²) in [5, 5.41) is 16.2. The molecule has 0 bridgehead atoms. The molecule has 20 heavy (non-hydrogen) atoms. The van der Waals surface area contributed by atoms with E-state index in [-0.39, 0.29) is 23.9 Å². The van der Waals surface area contributed by atoms with Crippen LogP contribution in [0.25, 0.3) is 0 Å². The van der Waals surface area contributed by atoms with Gasteiger partial charge in [0.2, 0.25) is 0 Å². The number of nitro groups is 1. The number of nitro benzene ring substituents is 1. The van der Waals surface area contributed by atoms with Crippen LogP contribution in [-0.2, 0) is 4.74 Å². The Kier molecular flexibility index (Phi) is 4.59. The number of amides is 1. The Morgan fingerprint density at radius 3 is 3.05 bits per heavy atom. The van der Waals surface area contributed by atoms with Crippen molar-refractivity contribution in [3.8, 4) is 0 Å². The van der Waals surface area contributed by atoms with E-state index in [1.807, 2.05) is 0 Å². The summed E-state index contributed by atoms with van der Waals surface area (Å²) < 4.78 is 18.9. The van der Waals surface area contributed by atoms with Crippen molar-refractivity contribution in [2.45, 2.75) is 6.10 Å². The summed E-state index contributed by atoms with van der Waals surface area (Å²) in [5.41, 5.74) is -0.671. The quantitative estimate of drug-likeness (QED) is 0.618. The zero-order chi connectivity index (χ0) is 14.5. The Morgan fingerprint density at radius 1 is 1.60 bits per heavy atom. The van der Waals surface area contributed by atoms with E-state index < -0.39 is 16.6 Å². The highest BCUT2D eigenvalue weighted by Crippen LogP contribution is 2.16. The molecule has 2 N–H and O–H groups in total. The minimum Gasteiger partial charge on any atom is -0.374 e. The Morgan fingerprint density at radius 2 is 2.40 bits per heavy atom. The molecule has 1 saturated heterocycles. The summed E-state index contributed by atoms with van der Waals surface area (Å²) in [5.74, 6) is -1.49. The molecule has 0 saturated carbocycles.